The lowest BCUT2D eigenvalue weighted by Crippen LogP contribution is -2.59. The van der Waals surface area contributed by atoms with E-state index >= 15 is 0 Å². The Morgan fingerprint density at radius 3 is 1.94 bits per heavy atom. The third kappa shape index (κ3) is 4.34. The molecule has 6 aliphatic rings. The molecule has 4 saturated carbocycles. The van der Waals surface area contributed by atoms with Crippen LogP contribution < -0.4 is 5.32 Å². The standard InChI is InChI=1S/C25H42N4O2/c1-18-3-5-27(6-4-18)19(2)17-26-24(31)29-9-7-28(8-10-29)23(30)25-14-20-11-21(15-25)13-22(12-20)16-25/h18-22H,3-17H2,1-2H3,(H,26,31). The fraction of sp³-hybridized carbons (Fsp3) is 0.920. The quantitative estimate of drug-likeness (QED) is 0.745. The first kappa shape index (κ1) is 21.5. The topological polar surface area (TPSA) is 55.9 Å². The van der Waals surface area contributed by atoms with Gasteiger partial charge in [0.1, 0.15) is 0 Å². The van der Waals surface area contributed by atoms with Crippen molar-refractivity contribution in [3.8, 4) is 0 Å². The minimum atomic E-state index is -0.0550. The van der Waals surface area contributed by atoms with Crippen molar-refractivity contribution in [3.05, 3.63) is 0 Å². The van der Waals surface area contributed by atoms with Crippen molar-refractivity contribution >= 4 is 11.9 Å². The molecule has 0 radical (unpaired) electrons. The third-order valence-electron chi connectivity index (χ3n) is 9.34. The highest BCUT2D eigenvalue weighted by Crippen LogP contribution is 2.60. The Labute approximate surface area is 188 Å². The van der Waals surface area contributed by atoms with E-state index in [1.807, 2.05) is 4.90 Å². The summed E-state index contributed by atoms with van der Waals surface area (Å²) in [6.45, 7) is 10.3. The number of piperidine rings is 1. The van der Waals surface area contributed by atoms with Gasteiger partial charge < -0.3 is 15.1 Å². The van der Waals surface area contributed by atoms with Crippen molar-refractivity contribution in [2.24, 2.45) is 29.1 Å². The second kappa shape index (κ2) is 8.57. The van der Waals surface area contributed by atoms with Crippen molar-refractivity contribution in [1.29, 1.82) is 0 Å². The van der Waals surface area contributed by atoms with Gasteiger partial charge in [-0.2, -0.15) is 0 Å². The molecule has 2 saturated heterocycles. The van der Waals surface area contributed by atoms with Gasteiger partial charge in [0.2, 0.25) is 5.91 Å². The highest BCUT2D eigenvalue weighted by Gasteiger charge is 2.55. The van der Waals surface area contributed by atoms with Crippen LogP contribution in [-0.2, 0) is 4.79 Å². The molecule has 0 spiro atoms. The van der Waals surface area contributed by atoms with Gasteiger partial charge in [-0.25, -0.2) is 4.79 Å². The first-order chi connectivity index (χ1) is 14.9. The number of carbonyl (C=O) groups excluding carboxylic acids is 2. The maximum absolute atomic E-state index is 13.5. The van der Waals surface area contributed by atoms with Gasteiger partial charge in [0, 0.05) is 38.8 Å². The van der Waals surface area contributed by atoms with Gasteiger partial charge >= 0.3 is 6.03 Å². The molecule has 31 heavy (non-hydrogen) atoms. The van der Waals surface area contributed by atoms with E-state index < -0.39 is 0 Å². The molecule has 174 valence electrons. The maximum atomic E-state index is 13.5. The third-order valence-corrected chi connectivity index (χ3v) is 9.34. The molecule has 4 aliphatic carbocycles. The van der Waals surface area contributed by atoms with Crippen molar-refractivity contribution in [3.63, 3.8) is 0 Å². The molecule has 2 heterocycles. The molecule has 4 bridgehead atoms. The lowest BCUT2D eigenvalue weighted by atomic mass is 9.49. The molecule has 1 N–H and O–H groups in total. The summed E-state index contributed by atoms with van der Waals surface area (Å²) < 4.78 is 0. The molecular weight excluding hydrogens is 388 g/mol. The van der Waals surface area contributed by atoms with Crippen LogP contribution in [0.2, 0.25) is 0 Å². The Hall–Kier alpha value is -1.30. The molecule has 1 unspecified atom stereocenters. The number of piperazine rings is 1. The van der Waals surface area contributed by atoms with E-state index in [1.54, 1.807) is 0 Å². The first-order valence-electron chi connectivity index (χ1n) is 13.0. The number of likely N-dealkylation sites (tertiary alicyclic amines) is 1. The predicted octanol–water partition coefficient (Wildman–Crippen LogP) is 3.18. The fourth-order valence-electron chi connectivity index (χ4n) is 7.77. The highest BCUT2D eigenvalue weighted by atomic mass is 16.2. The fourth-order valence-corrected chi connectivity index (χ4v) is 7.77. The Morgan fingerprint density at radius 2 is 1.39 bits per heavy atom. The van der Waals surface area contributed by atoms with Crippen LogP contribution in [0.5, 0.6) is 0 Å². The predicted molar refractivity (Wildman–Crippen MR) is 122 cm³/mol. The normalized spacial score (nSPS) is 37.2. The Bertz CT molecular complexity index is 644. The molecule has 6 nitrogen and oxygen atoms in total. The summed E-state index contributed by atoms with van der Waals surface area (Å²) >= 11 is 0. The molecule has 0 aromatic heterocycles. The average Bonchev–Trinajstić information content (AvgIpc) is 2.76. The number of hydrogen-bond donors (Lipinski definition) is 1. The smallest absolute Gasteiger partial charge is 0.317 e. The second-order valence-corrected chi connectivity index (χ2v) is 11.7. The van der Waals surface area contributed by atoms with Gasteiger partial charge in [0.05, 0.1) is 5.41 Å². The van der Waals surface area contributed by atoms with Crippen LogP contribution >= 0.6 is 0 Å². The van der Waals surface area contributed by atoms with Gasteiger partial charge in [-0.15, -0.1) is 0 Å². The van der Waals surface area contributed by atoms with E-state index in [0.717, 1.165) is 56.0 Å². The molecule has 0 aromatic carbocycles. The van der Waals surface area contributed by atoms with Crippen LogP contribution in [0.4, 0.5) is 4.79 Å². The summed E-state index contributed by atoms with van der Waals surface area (Å²) in [6.07, 6.45) is 10.0. The SMILES string of the molecule is CC1CCN(C(C)CNC(=O)N2CCN(C(=O)C34CC5CC(CC(C5)C3)C4)CC2)CC1. The van der Waals surface area contributed by atoms with Crippen LogP contribution in [0.1, 0.15) is 65.2 Å². The molecule has 6 fully saturated rings. The van der Waals surface area contributed by atoms with Gasteiger partial charge in [0.25, 0.3) is 0 Å². The number of hydrogen-bond acceptors (Lipinski definition) is 3. The summed E-state index contributed by atoms with van der Waals surface area (Å²) in [4.78, 5) is 32.8. The van der Waals surface area contributed by atoms with Crippen molar-refractivity contribution < 1.29 is 9.59 Å². The van der Waals surface area contributed by atoms with E-state index in [4.69, 9.17) is 0 Å². The van der Waals surface area contributed by atoms with Crippen molar-refractivity contribution in [2.75, 3.05) is 45.8 Å². The van der Waals surface area contributed by atoms with Crippen LogP contribution in [0.15, 0.2) is 0 Å². The van der Waals surface area contributed by atoms with E-state index in [2.05, 4.69) is 29.0 Å². The summed E-state index contributed by atoms with van der Waals surface area (Å²) in [6, 6.07) is 0.425. The molecule has 6 heteroatoms. The molecule has 6 rings (SSSR count). The number of rotatable bonds is 4. The molecule has 1 atom stereocenters. The van der Waals surface area contributed by atoms with E-state index in [0.29, 0.717) is 44.7 Å². The maximum Gasteiger partial charge on any atom is 0.317 e. The molecular formula is C25H42N4O2. The minimum absolute atomic E-state index is 0.0409. The highest BCUT2D eigenvalue weighted by molar-refractivity contribution is 5.84. The lowest BCUT2D eigenvalue weighted by Gasteiger charge is -2.57. The van der Waals surface area contributed by atoms with Gasteiger partial charge in [-0.1, -0.05) is 6.92 Å². The Morgan fingerprint density at radius 1 is 0.871 bits per heavy atom. The zero-order chi connectivity index (χ0) is 21.6. The van der Waals surface area contributed by atoms with Gasteiger partial charge in [0.15, 0.2) is 0 Å². The van der Waals surface area contributed by atoms with Crippen LogP contribution in [0, 0.1) is 29.1 Å². The number of urea groups is 1. The molecule has 0 aromatic rings. The monoisotopic (exact) mass is 430 g/mol. The van der Waals surface area contributed by atoms with E-state index in [9.17, 15) is 9.59 Å². The Balaban J connectivity index is 1.08. The zero-order valence-corrected chi connectivity index (χ0v) is 19.7. The van der Waals surface area contributed by atoms with Crippen molar-refractivity contribution in [1.82, 2.24) is 20.0 Å². The number of carbonyl (C=O) groups is 2. The zero-order valence-electron chi connectivity index (χ0n) is 19.7. The summed E-state index contributed by atoms with van der Waals surface area (Å²) in [5.74, 6) is 3.64. The summed E-state index contributed by atoms with van der Waals surface area (Å²) in [5, 5.41) is 3.16. The van der Waals surface area contributed by atoms with E-state index in [1.165, 1.54) is 32.1 Å². The van der Waals surface area contributed by atoms with Crippen LogP contribution in [0.25, 0.3) is 0 Å². The largest absolute Gasteiger partial charge is 0.339 e. The first-order valence-corrected chi connectivity index (χ1v) is 13.0. The summed E-state index contributed by atoms with van der Waals surface area (Å²) in [5.41, 5.74) is -0.0550. The second-order valence-electron chi connectivity index (χ2n) is 11.7. The van der Waals surface area contributed by atoms with Gasteiger partial charge in [-0.05, 0) is 95.1 Å². The number of nitrogens with one attached hydrogen (secondary N) is 1. The summed E-state index contributed by atoms with van der Waals surface area (Å²) in [7, 11) is 0. The minimum Gasteiger partial charge on any atom is -0.339 e. The number of amides is 3. The lowest BCUT2D eigenvalue weighted by molar-refractivity contribution is -0.159. The van der Waals surface area contributed by atoms with Gasteiger partial charge in [-0.3, -0.25) is 9.69 Å². The van der Waals surface area contributed by atoms with Crippen LogP contribution in [0.3, 0.4) is 0 Å². The molecule has 3 amide bonds. The average molecular weight is 431 g/mol. The number of nitrogens with zero attached hydrogens (tertiary/aromatic N) is 3. The van der Waals surface area contributed by atoms with Crippen molar-refractivity contribution in [2.45, 2.75) is 71.3 Å². The van der Waals surface area contributed by atoms with E-state index in [-0.39, 0.29) is 11.4 Å². The Kier molecular flexibility index (Phi) is 5.95. The molecule has 2 aliphatic heterocycles. The van der Waals surface area contributed by atoms with Crippen LogP contribution in [-0.4, -0.2) is 78.5 Å².